The molecule has 0 fully saturated rings. The Kier molecular flexibility index (Phi) is 3.78. The van der Waals surface area contributed by atoms with Gasteiger partial charge in [0.15, 0.2) is 0 Å². The van der Waals surface area contributed by atoms with Gasteiger partial charge in [0.2, 0.25) is 0 Å². The number of hydrogen-bond acceptors (Lipinski definition) is 5. The SMILES string of the molecule is CN(C)CCNC(=O)c1sc2cnccc2c1N. The molecule has 1 amide bonds. The van der Waals surface area contributed by atoms with Gasteiger partial charge in [0.1, 0.15) is 4.88 Å². The zero-order valence-electron chi connectivity index (χ0n) is 10.4. The van der Waals surface area contributed by atoms with E-state index in [1.54, 1.807) is 12.4 Å². The summed E-state index contributed by atoms with van der Waals surface area (Å²) in [4.78, 5) is 18.6. The lowest BCUT2D eigenvalue weighted by Crippen LogP contribution is -2.31. The number of anilines is 1. The van der Waals surface area contributed by atoms with Crippen molar-refractivity contribution in [1.82, 2.24) is 15.2 Å². The summed E-state index contributed by atoms with van der Waals surface area (Å²) in [7, 11) is 3.93. The fraction of sp³-hybridized carbons (Fsp3) is 0.333. The van der Waals surface area contributed by atoms with E-state index in [1.165, 1.54) is 11.3 Å². The lowest BCUT2D eigenvalue weighted by Gasteiger charge is -2.09. The molecule has 6 heteroatoms. The number of nitrogen functional groups attached to an aromatic ring is 1. The molecule has 0 atom stereocenters. The fourth-order valence-electron chi connectivity index (χ4n) is 1.61. The minimum absolute atomic E-state index is 0.115. The van der Waals surface area contributed by atoms with Crippen LogP contribution >= 0.6 is 11.3 Å². The number of hydrogen-bond donors (Lipinski definition) is 2. The number of likely N-dealkylation sites (N-methyl/N-ethyl adjacent to an activating group) is 1. The predicted molar refractivity (Wildman–Crippen MR) is 74.9 cm³/mol. The van der Waals surface area contributed by atoms with Gasteiger partial charge in [0, 0.05) is 30.9 Å². The van der Waals surface area contributed by atoms with Crippen LogP contribution < -0.4 is 11.1 Å². The average Bonchev–Trinajstić information content (AvgIpc) is 2.67. The van der Waals surface area contributed by atoms with Gasteiger partial charge in [0.25, 0.3) is 5.91 Å². The van der Waals surface area contributed by atoms with Crippen molar-refractivity contribution in [3.05, 3.63) is 23.3 Å². The van der Waals surface area contributed by atoms with Crippen molar-refractivity contribution in [3.8, 4) is 0 Å². The Morgan fingerprint density at radius 1 is 1.56 bits per heavy atom. The normalized spacial score (nSPS) is 11.1. The minimum atomic E-state index is -0.115. The maximum absolute atomic E-state index is 12.0. The molecule has 2 aromatic heterocycles. The fourth-order valence-corrected chi connectivity index (χ4v) is 2.62. The molecule has 0 aliphatic carbocycles. The molecular weight excluding hydrogens is 248 g/mol. The van der Waals surface area contributed by atoms with Crippen LogP contribution in [-0.4, -0.2) is 43.0 Å². The first-order valence-electron chi connectivity index (χ1n) is 5.64. The van der Waals surface area contributed by atoms with Crippen LogP contribution in [0.1, 0.15) is 9.67 Å². The summed E-state index contributed by atoms with van der Waals surface area (Å²) in [5, 5.41) is 3.76. The summed E-state index contributed by atoms with van der Waals surface area (Å²) in [6, 6.07) is 1.83. The summed E-state index contributed by atoms with van der Waals surface area (Å²) in [6.45, 7) is 1.41. The molecule has 0 radical (unpaired) electrons. The summed E-state index contributed by atoms with van der Waals surface area (Å²) in [5.41, 5.74) is 6.52. The first-order chi connectivity index (χ1) is 8.59. The molecule has 0 aliphatic rings. The quantitative estimate of drug-likeness (QED) is 0.869. The number of carbonyl (C=O) groups is 1. The molecule has 0 saturated carbocycles. The van der Waals surface area contributed by atoms with E-state index in [2.05, 4.69) is 10.3 Å². The lowest BCUT2D eigenvalue weighted by molar-refractivity contribution is 0.0956. The van der Waals surface area contributed by atoms with Crippen LogP contribution in [0.2, 0.25) is 0 Å². The number of nitrogens with two attached hydrogens (primary N) is 1. The van der Waals surface area contributed by atoms with Crippen molar-refractivity contribution in [2.24, 2.45) is 0 Å². The Balaban J connectivity index is 2.15. The van der Waals surface area contributed by atoms with E-state index >= 15 is 0 Å². The van der Waals surface area contributed by atoms with Crippen molar-refractivity contribution in [2.75, 3.05) is 32.9 Å². The topological polar surface area (TPSA) is 71.2 Å². The second kappa shape index (κ2) is 5.32. The van der Waals surface area contributed by atoms with E-state index in [4.69, 9.17) is 5.73 Å². The zero-order chi connectivity index (χ0) is 13.1. The van der Waals surface area contributed by atoms with Gasteiger partial charge < -0.3 is 16.0 Å². The number of nitrogens with one attached hydrogen (secondary N) is 1. The first kappa shape index (κ1) is 12.8. The molecule has 0 aliphatic heterocycles. The number of amides is 1. The first-order valence-corrected chi connectivity index (χ1v) is 6.46. The Morgan fingerprint density at radius 3 is 3.00 bits per heavy atom. The van der Waals surface area contributed by atoms with Gasteiger partial charge in [0.05, 0.1) is 10.4 Å². The second-order valence-electron chi connectivity index (χ2n) is 4.28. The molecule has 2 aromatic rings. The van der Waals surface area contributed by atoms with Crippen molar-refractivity contribution in [2.45, 2.75) is 0 Å². The zero-order valence-corrected chi connectivity index (χ0v) is 11.3. The van der Waals surface area contributed by atoms with Crippen molar-refractivity contribution < 1.29 is 4.79 Å². The standard InChI is InChI=1S/C12H16N4OS/c1-16(2)6-5-15-12(17)11-10(13)8-3-4-14-7-9(8)18-11/h3-4,7H,5-6,13H2,1-2H3,(H,15,17). The van der Waals surface area contributed by atoms with Crippen LogP contribution in [0, 0.1) is 0 Å². The second-order valence-corrected chi connectivity index (χ2v) is 5.33. The number of fused-ring (bicyclic) bond motifs is 1. The van der Waals surface area contributed by atoms with Gasteiger partial charge >= 0.3 is 0 Å². The van der Waals surface area contributed by atoms with Gasteiger partial charge in [-0.25, -0.2) is 0 Å². The number of rotatable bonds is 4. The van der Waals surface area contributed by atoms with E-state index < -0.39 is 0 Å². The molecule has 5 nitrogen and oxygen atoms in total. The Bertz CT molecular complexity index is 564. The highest BCUT2D eigenvalue weighted by molar-refractivity contribution is 7.21. The van der Waals surface area contributed by atoms with Gasteiger partial charge in [-0.05, 0) is 20.2 Å². The van der Waals surface area contributed by atoms with Crippen LogP contribution in [0.5, 0.6) is 0 Å². The summed E-state index contributed by atoms with van der Waals surface area (Å²) in [5.74, 6) is -0.115. The van der Waals surface area contributed by atoms with Crippen LogP contribution in [0.3, 0.4) is 0 Å². The molecule has 3 N–H and O–H groups in total. The highest BCUT2D eigenvalue weighted by atomic mass is 32.1. The highest BCUT2D eigenvalue weighted by Crippen LogP contribution is 2.32. The monoisotopic (exact) mass is 264 g/mol. The summed E-state index contributed by atoms with van der Waals surface area (Å²) < 4.78 is 0.938. The Labute approximate surface area is 110 Å². The van der Waals surface area contributed by atoms with E-state index in [-0.39, 0.29) is 5.91 Å². The number of carbonyl (C=O) groups excluding carboxylic acids is 1. The maximum Gasteiger partial charge on any atom is 0.263 e. The van der Waals surface area contributed by atoms with Gasteiger partial charge in [-0.2, -0.15) is 0 Å². The molecule has 2 rings (SSSR count). The highest BCUT2D eigenvalue weighted by Gasteiger charge is 2.15. The molecule has 2 heterocycles. The number of aromatic nitrogens is 1. The maximum atomic E-state index is 12.0. The van der Waals surface area contributed by atoms with Crippen LogP contribution in [0.25, 0.3) is 10.1 Å². The minimum Gasteiger partial charge on any atom is -0.397 e. The third-order valence-corrected chi connectivity index (χ3v) is 3.74. The van der Waals surface area contributed by atoms with Crippen LogP contribution in [-0.2, 0) is 0 Å². The Hall–Kier alpha value is -1.66. The van der Waals surface area contributed by atoms with Gasteiger partial charge in [-0.3, -0.25) is 9.78 Å². The predicted octanol–water partition coefficient (Wildman–Crippen LogP) is 1.17. The molecule has 0 aromatic carbocycles. The van der Waals surface area contributed by atoms with Crippen LogP contribution in [0.15, 0.2) is 18.5 Å². The van der Waals surface area contributed by atoms with Crippen LogP contribution in [0.4, 0.5) is 5.69 Å². The Morgan fingerprint density at radius 2 is 2.33 bits per heavy atom. The summed E-state index contributed by atoms with van der Waals surface area (Å²) in [6.07, 6.45) is 3.41. The van der Waals surface area contributed by atoms with E-state index in [9.17, 15) is 4.79 Å². The van der Waals surface area contributed by atoms with Crippen molar-refractivity contribution in [1.29, 1.82) is 0 Å². The molecule has 0 unspecified atom stereocenters. The summed E-state index contributed by atoms with van der Waals surface area (Å²) >= 11 is 1.38. The van der Waals surface area contributed by atoms with Crippen molar-refractivity contribution >= 4 is 33.0 Å². The lowest BCUT2D eigenvalue weighted by atomic mass is 10.2. The molecular formula is C12H16N4OS. The van der Waals surface area contributed by atoms with E-state index in [0.717, 1.165) is 16.6 Å². The number of nitrogens with zero attached hydrogens (tertiary/aromatic N) is 2. The molecule has 0 bridgehead atoms. The number of thiophene rings is 1. The number of pyridine rings is 1. The molecule has 0 spiro atoms. The average molecular weight is 264 g/mol. The molecule has 18 heavy (non-hydrogen) atoms. The largest absolute Gasteiger partial charge is 0.397 e. The van der Waals surface area contributed by atoms with Crippen molar-refractivity contribution in [3.63, 3.8) is 0 Å². The third kappa shape index (κ3) is 2.60. The van der Waals surface area contributed by atoms with Gasteiger partial charge in [-0.15, -0.1) is 11.3 Å². The smallest absolute Gasteiger partial charge is 0.263 e. The third-order valence-electron chi connectivity index (χ3n) is 2.58. The van der Waals surface area contributed by atoms with E-state index in [1.807, 2.05) is 25.1 Å². The molecule has 96 valence electrons. The van der Waals surface area contributed by atoms with Gasteiger partial charge in [-0.1, -0.05) is 0 Å². The van der Waals surface area contributed by atoms with E-state index in [0.29, 0.717) is 17.1 Å². The molecule has 0 saturated heterocycles.